The number of benzene rings is 2. The molecule has 12 heteroatoms. The number of nitrogens with one attached hydrogen (secondary N) is 4. The lowest BCUT2D eigenvalue weighted by molar-refractivity contribution is -0.136. The highest BCUT2D eigenvalue weighted by Crippen LogP contribution is 2.41. The Labute approximate surface area is 248 Å². The predicted molar refractivity (Wildman–Crippen MR) is 157 cm³/mol. The summed E-state index contributed by atoms with van der Waals surface area (Å²) in [5.74, 6) is -1.69. The average Bonchev–Trinajstić information content (AvgIpc) is 2.98. The summed E-state index contributed by atoms with van der Waals surface area (Å²) in [6, 6.07) is 14.1. The summed E-state index contributed by atoms with van der Waals surface area (Å²) in [7, 11) is 1.28. The van der Waals surface area contributed by atoms with Gasteiger partial charge in [0.05, 0.1) is 24.3 Å². The lowest BCUT2D eigenvalue weighted by Gasteiger charge is -2.31. The van der Waals surface area contributed by atoms with Crippen LogP contribution in [0.5, 0.6) is 5.75 Å². The maximum atomic E-state index is 13.4. The van der Waals surface area contributed by atoms with Gasteiger partial charge in [0.2, 0.25) is 11.8 Å². The molecule has 11 nitrogen and oxygen atoms in total. The van der Waals surface area contributed by atoms with Gasteiger partial charge in [0.25, 0.3) is 5.91 Å². The van der Waals surface area contributed by atoms with Crippen molar-refractivity contribution in [3.63, 3.8) is 0 Å². The molecule has 0 bridgehead atoms. The molecular formula is C30H32ClN5O6. The van der Waals surface area contributed by atoms with Crippen LogP contribution in [-0.2, 0) is 23.9 Å². The Morgan fingerprint density at radius 2 is 1.67 bits per heavy atom. The van der Waals surface area contributed by atoms with Crippen molar-refractivity contribution in [2.24, 2.45) is 5.10 Å². The van der Waals surface area contributed by atoms with E-state index in [2.05, 4.69) is 26.5 Å². The van der Waals surface area contributed by atoms with E-state index in [-0.39, 0.29) is 31.5 Å². The Bertz CT molecular complexity index is 1480. The average molecular weight is 594 g/mol. The molecule has 0 radical (unpaired) electrons. The second-order valence-electron chi connectivity index (χ2n) is 9.66. The molecule has 1 unspecified atom stereocenters. The summed E-state index contributed by atoms with van der Waals surface area (Å²) in [6.45, 7) is 3.59. The van der Waals surface area contributed by atoms with Crippen molar-refractivity contribution in [3.8, 4) is 5.75 Å². The number of ether oxygens (including phenoxy) is 2. The first-order chi connectivity index (χ1) is 20.2. The van der Waals surface area contributed by atoms with Crippen LogP contribution in [0, 0.1) is 0 Å². The van der Waals surface area contributed by atoms with Gasteiger partial charge in [-0.3, -0.25) is 14.4 Å². The number of esters is 1. The molecule has 2 aliphatic heterocycles. The summed E-state index contributed by atoms with van der Waals surface area (Å²) in [5, 5.41) is 13.1. The molecule has 2 aromatic rings. The molecule has 4 rings (SSSR count). The van der Waals surface area contributed by atoms with E-state index in [1.165, 1.54) is 7.11 Å². The van der Waals surface area contributed by atoms with Gasteiger partial charge in [0.1, 0.15) is 5.75 Å². The number of hydrogen-bond acceptors (Lipinski definition) is 8. The van der Waals surface area contributed by atoms with Crippen LogP contribution in [-0.4, -0.2) is 56.2 Å². The van der Waals surface area contributed by atoms with E-state index in [1.54, 1.807) is 50.2 Å². The van der Waals surface area contributed by atoms with E-state index in [0.29, 0.717) is 51.7 Å². The normalized spacial score (nSPS) is 16.6. The number of methoxy groups -OCH3 is 1. The van der Waals surface area contributed by atoms with Crippen LogP contribution in [0.25, 0.3) is 0 Å². The highest BCUT2D eigenvalue weighted by Gasteiger charge is 2.37. The summed E-state index contributed by atoms with van der Waals surface area (Å²) in [4.78, 5) is 49.7. The molecule has 42 heavy (non-hydrogen) atoms. The SMILES string of the molecule is COC(=O)C1=C(C)NC(C)=C(C(=O)NCCNC(=O)COc2ccc(C3=NNC(=O)CC3)cc2)C1c1ccccc1Cl. The zero-order valence-electron chi connectivity index (χ0n) is 23.5. The lowest BCUT2D eigenvalue weighted by atomic mass is 9.80. The smallest absolute Gasteiger partial charge is 0.336 e. The number of carbonyl (C=O) groups excluding carboxylic acids is 4. The molecule has 2 heterocycles. The number of rotatable bonds is 10. The zero-order chi connectivity index (χ0) is 30.2. The largest absolute Gasteiger partial charge is 0.484 e. The Balaban J connectivity index is 1.31. The van der Waals surface area contributed by atoms with Crippen LogP contribution in [0.1, 0.15) is 43.7 Å². The summed E-state index contributed by atoms with van der Waals surface area (Å²) < 4.78 is 10.6. The summed E-state index contributed by atoms with van der Waals surface area (Å²) in [6.07, 6.45) is 0.945. The maximum Gasteiger partial charge on any atom is 0.336 e. The van der Waals surface area contributed by atoms with Gasteiger partial charge < -0.3 is 25.4 Å². The quantitative estimate of drug-likeness (QED) is 0.245. The number of dihydropyridines is 1. The molecule has 220 valence electrons. The monoisotopic (exact) mass is 593 g/mol. The molecular weight excluding hydrogens is 562 g/mol. The van der Waals surface area contributed by atoms with Gasteiger partial charge in [0.15, 0.2) is 6.61 Å². The van der Waals surface area contributed by atoms with E-state index in [1.807, 2.05) is 12.1 Å². The van der Waals surface area contributed by atoms with Crippen molar-refractivity contribution in [2.75, 3.05) is 26.8 Å². The third-order valence-corrected chi connectivity index (χ3v) is 7.17. The molecule has 0 saturated heterocycles. The van der Waals surface area contributed by atoms with Gasteiger partial charge in [-0.15, -0.1) is 0 Å². The van der Waals surface area contributed by atoms with Gasteiger partial charge in [-0.1, -0.05) is 29.8 Å². The number of allylic oxidation sites excluding steroid dienone is 2. The van der Waals surface area contributed by atoms with E-state index in [9.17, 15) is 19.2 Å². The fourth-order valence-electron chi connectivity index (χ4n) is 4.79. The lowest BCUT2D eigenvalue weighted by Crippen LogP contribution is -2.40. The van der Waals surface area contributed by atoms with Crippen LogP contribution in [0.3, 0.4) is 0 Å². The van der Waals surface area contributed by atoms with Gasteiger partial charge in [-0.25, -0.2) is 10.2 Å². The Hall–Kier alpha value is -4.64. The van der Waals surface area contributed by atoms with Crippen molar-refractivity contribution in [3.05, 3.63) is 87.2 Å². The van der Waals surface area contributed by atoms with Crippen molar-refractivity contribution < 1.29 is 28.7 Å². The zero-order valence-corrected chi connectivity index (χ0v) is 24.3. The number of hydrogen-bond donors (Lipinski definition) is 4. The standard InChI is InChI=1S/C30H32ClN5O6/c1-17-26(28(21-6-4-5-7-22(21)31)27(18(2)34-17)30(40)41-3)29(39)33-15-14-32-25(38)16-42-20-10-8-19(9-11-20)23-12-13-24(37)36-35-23/h4-11,28,34H,12-16H2,1-3H3,(H,32,38)(H,33,39)(H,36,37). The number of hydrazone groups is 1. The highest BCUT2D eigenvalue weighted by molar-refractivity contribution is 6.31. The van der Waals surface area contributed by atoms with Crippen LogP contribution in [0.15, 0.2) is 76.2 Å². The minimum atomic E-state index is -0.745. The highest BCUT2D eigenvalue weighted by atomic mass is 35.5. The van der Waals surface area contributed by atoms with Gasteiger partial charge in [-0.05, 0) is 55.3 Å². The molecule has 2 aliphatic rings. The van der Waals surface area contributed by atoms with Crippen LogP contribution >= 0.6 is 11.6 Å². The Kier molecular flexibility index (Phi) is 9.98. The van der Waals surface area contributed by atoms with Crippen molar-refractivity contribution in [1.29, 1.82) is 0 Å². The first-order valence-electron chi connectivity index (χ1n) is 13.3. The van der Waals surface area contributed by atoms with E-state index in [4.69, 9.17) is 21.1 Å². The molecule has 1 atom stereocenters. The van der Waals surface area contributed by atoms with Crippen molar-refractivity contribution >= 4 is 41.0 Å². The van der Waals surface area contributed by atoms with Gasteiger partial charge >= 0.3 is 5.97 Å². The molecule has 3 amide bonds. The third-order valence-electron chi connectivity index (χ3n) is 6.82. The minimum absolute atomic E-state index is 0.108. The number of nitrogens with zero attached hydrogens (tertiary/aromatic N) is 1. The molecule has 0 spiro atoms. The molecule has 0 aliphatic carbocycles. The maximum absolute atomic E-state index is 13.4. The fraction of sp³-hybridized carbons (Fsp3) is 0.300. The number of halogens is 1. The summed E-state index contributed by atoms with van der Waals surface area (Å²) in [5.41, 5.74) is 6.47. The van der Waals surface area contributed by atoms with E-state index in [0.717, 1.165) is 11.3 Å². The molecule has 2 aromatic carbocycles. The first-order valence-corrected chi connectivity index (χ1v) is 13.7. The molecule has 0 fully saturated rings. The first kappa shape index (κ1) is 30.3. The number of carbonyl (C=O) groups is 4. The third kappa shape index (κ3) is 7.16. The Morgan fingerprint density at radius 3 is 2.33 bits per heavy atom. The molecule has 4 N–H and O–H groups in total. The van der Waals surface area contributed by atoms with Gasteiger partial charge in [-0.2, -0.15) is 5.10 Å². The van der Waals surface area contributed by atoms with Crippen molar-refractivity contribution in [1.82, 2.24) is 21.4 Å². The van der Waals surface area contributed by atoms with Crippen molar-refractivity contribution in [2.45, 2.75) is 32.6 Å². The Morgan fingerprint density at radius 1 is 0.976 bits per heavy atom. The van der Waals surface area contributed by atoms with Crippen LogP contribution in [0.2, 0.25) is 5.02 Å². The molecule has 0 saturated carbocycles. The van der Waals surface area contributed by atoms with Gasteiger partial charge in [0, 0.05) is 47.9 Å². The van der Waals surface area contributed by atoms with E-state index >= 15 is 0 Å². The van der Waals surface area contributed by atoms with E-state index < -0.39 is 17.8 Å². The fourth-order valence-corrected chi connectivity index (χ4v) is 5.04. The summed E-state index contributed by atoms with van der Waals surface area (Å²) >= 11 is 6.49. The van der Waals surface area contributed by atoms with Crippen LogP contribution in [0.4, 0.5) is 0 Å². The second kappa shape index (κ2) is 13.8. The predicted octanol–water partition coefficient (Wildman–Crippen LogP) is 2.67. The number of amides is 3. The second-order valence-corrected chi connectivity index (χ2v) is 10.1. The van der Waals surface area contributed by atoms with Crippen LogP contribution < -0.4 is 26.1 Å². The minimum Gasteiger partial charge on any atom is -0.484 e. The molecule has 0 aromatic heterocycles. The topological polar surface area (TPSA) is 147 Å².